The Labute approximate surface area is 361 Å². The average molecular weight is 795 g/mol. The molecule has 294 valence electrons. The third-order valence-corrected chi connectivity index (χ3v) is 12.8. The Morgan fingerprint density at radius 2 is 1.18 bits per heavy atom. The molecule has 7 aromatic carbocycles. The van der Waals surface area contributed by atoms with Gasteiger partial charge in [-0.05, 0) is 84.6 Å². The molecule has 0 radical (unpaired) electrons. The van der Waals surface area contributed by atoms with Gasteiger partial charge in [-0.25, -0.2) is 4.98 Å². The van der Waals surface area contributed by atoms with Gasteiger partial charge in [0.05, 0.1) is 35.0 Å². The van der Waals surface area contributed by atoms with Gasteiger partial charge in [0.25, 0.3) is 0 Å². The topological polar surface area (TPSA) is 49.0 Å². The zero-order valence-corrected chi connectivity index (χ0v) is 34.0. The van der Waals surface area contributed by atoms with Crippen LogP contribution in [0.1, 0.15) is 45.5 Å². The van der Waals surface area contributed by atoms with Crippen LogP contribution < -0.4 is 16.0 Å². The predicted octanol–water partition coefficient (Wildman–Crippen LogP) is 14.0. The van der Waals surface area contributed by atoms with Crippen molar-refractivity contribution >= 4 is 56.5 Å². The fourth-order valence-electron chi connectivity index (χ4n) is 9.47. The van der Waals surface area contributed by atoms with E-state index in [2.05, 4.69) is 234 Å². The summed E-state index contributed by atoms with van der Waals surface area (Å²) < 4.78 is 0. The first-order valence-electron chi connectivity index (χ1n) is 21.5. The number of nitrogens with one attached hydrogen (secondary N) is 3. The Bertz CT molecular complexity index is 3260. The molecule has 8 aromatic rings. The Kier molecular flexibility index (Phi) is 8.67. The highest BCUT2D eigenvalue weighted by Crippen LogP contribution is 2.41. The highest BCUT2D eigenvalue weighted by Gasteiger charge is 2.23. The lowest BCUT2D eigenvalue weighted by atomic mass is 9.89. The molecule has 4 nitrogen and oxygen atoms in total. The smallest absolute Gasteiger partial charge is 0.0947 e. The lowest BCUT2D eigenvalue weighted by Crippen LogP contribution is -2.31. The van der Waals surface area contributed by atoms with Gasteiger partial charge >= 0.3 is 0 Å². The molecule has 4 heterocycles. The second-order valence-electron chi connectivity index (χ2n) is 16.5. The number of fused-ring (bicyclic) bond motifs is 6. The molecule has 3 atom stereocenters. The van der Waals surface area contributed by atoms with E-state index in [0.29, 0.717) is 0 Å². The van der Waals surface area contributed by atoms with Gasteiger partial charge < -0.3 is 16.0 Å². The molecule has 4 heteroatoms. The third-order valence-electron chi connectivity index (χ3n) is 12.8. The summed E-state index contributed by atoms with van der Waals surface area (Å²) in [5.41, 5.74) is 18.5. The van der Waals surface area contributed by atoms with Crippen molar-refractivity contribution in [3.05, 3.63) is 245 Å². The predicted molar refractivity (Wildman–Crippen MR) is 260 cm³/mol. The van der Waals surface area contributed by atoms with E-state index in [1.807, 2.05) is 0 Å². The van der Waals surface area contributed by atoms with Crippen LogP contribution in [-0.2, 0) is 0 Å². The van der Waals surface area contributed by atoms with E-state index in [1.165, 1.54) is 55.3 Å². The fraction of sp³-hybridized carbons (Fsp3) is 0.0517. The van der Waals surface area contributed by atoms with Crippen molar-refractivity contribution in [2.75, 3.05) is 10.6 Å². The summed E-state index contributed by atoms with van der Waals surface area (Å²) in [6.07, 6.45) is 20.3. The second-order valence-corrected chi connectivity index (χ2v) is 16.5. The molecule has 4 aliphatic rings. The molecule has 62 heavy (non-hydrogen) atoms. The van der Waals surface area contributed by atoms with Crippen molar-refractivity contribution in [3.8, 4) is 22.4 Å². The maximum absolute atomic E-state index is 5.37. The number of nitrogens with zero attached hydrogens (tertiary/aromatic N) is 1. The van der Waals surface area contributed by atoms with Crippen molar-refractivity contribution in [2.24, 2.45) is 0 Å². The molecule has 3 N–H and O–H groups in total. The van der Waals surface area contributed by atoms with Crippen LogP contribution in [-0.4, -0.2) is 11.0 Å². The third kappa shape index (κ3) is 6.45. The lowest BCUT2D eigenvalue weighted by molar-refractivity contribution is 0.815. The van der Waals surface area contributed by atoms with Gasteiger partial charge in [0.2, 0.25) is 0 Å². The van der Waals surface area contributed by atoms with Crippen LogP contribution in [0.15, 0.2) is 212 Å². The summed E-state index contributed by atoms with van der Waals surface area (Å²) in [4.78, 5) is 5.37. The zero-order valence-electron chi connectivity index (χ0n) is 34.0. The van der Waals surface area contributed by atoms with E-state index < -0.39 is 0 Å². The number of pyridine rings is 1. The minimum absolute atomic E-state index is 0.00114. The van der Waals surface area contributed by atoms with Crippen molar-refractivity contribution < 1.29 is 0 Å². The summed E-state index contributed by atoms with van der Waals surface area (Å²) in [6, 6.07) is 58.9. The molecular weight excluding hydrogens is 753 g/mol. The fourth-order valence-corrected chi connectivity index (χ4v) is 9.47. The first-order valence-corrected chi connectivity index (χ1v) is 21.5. The monoisotopic (exact) mass is 794 g/mol. The van der Waals surface area contributed by atoms with Crippen molar-refractivity contribution in [2.45, 2.75) is 18.1 Å². The molecule has 0 bridgehead atoms. The molecule has 0 saturated heterocycles. The standard InChI is InChI=1S/C58H42N4/c1-3-9-37(10-4-1)38-15-17-39(18-16-38)45-23-19-41-25-31-52(59-55(41)35-45)46-24-20-42-26-33-53(60-56(42)36-46)49-29-30-50(48-14-8-7-13-47(48)49)54-34-28-44-22-21-43-27-32-51(40-11-5-2-6-12-40)61-57(43)58(44)62-54/h1-36,51,53,55,59-61H. The molecule has 12 rings (SSSR count). The summed E-state index contributed by atoms with van der Waals surface area (Å²) in [7, 11) is 0. The van der Waals surface area contributed by atoms with Crippen LogP contribution in [0.4, 0.5) is 11.4 Å². The second kappa shape index (κ2) is 14.9. The highest BCUT2D eigenvalue weighted by atomic mass is 15.0. The first-order chi connectivity index (χ1) is 30.7. The van der Waals surface area contributed by atoms with Crippen molar-refractivity contribution in [3.63, 3.8) is 0 Å². The molecule has 1 aromatic heterocycles. The van der Waals surface area contributed by atoms with Crippen LogP contribution in [0.3, 0.4) is 0 Å². The Balaban J connectivity index is 0.810. The summed E-state index contributed by atoms with van der Waals surface area (Å²) in [5, 5.41) is 15.1. The van der Waals surface area contributed by atoms with Crippen LogP contribution >= 0.6 is 0 Å². The molecule has 1 aliphatic carbocycles. The van der Waals surface area contributed by atoms with Crippen molar-refractivity contribution in [1.82, 2.24) is 10.3 Å². The van der Waals surface area contributed by atoms with Gasteiger partial charge in [-0.15, -0.1) is 0 Å². The minimum Gasteiger partial charge on any atom is -0.374 e. The summed E-state index contributed by atoms with van der Waals surface area (Å²) >= 11 is 0. The zero-order chi connectivity index (χ0) is 41.0. The number of aromatic nitrogens is 1. The minimum atomic E-state index is 0.00114. The molecule has 3 aliphatic heterocycles. The van der Waals surface area contributed by atoms with E-state index in [-0.39, 0.29) is 18.1 Å². The number of benzene rings is 7. The number of dihydropyridines is 1. The maximum Gasteiger partial charge on any atom is 0.0947 e. The number of allylic oxidation sites excluding steroid dienone is 4. The van der Waals surface area contributed by atoms with Gasteiger partial charge in [0.1, 0.15) is 0 Å². The van der Waals surface area contributed by atoms with Gasteiger partial charge in [-0.1, -0.05) is 200 Å². The number of anilines is 2. The van der Waals surface area contributed by atoms with E-state index >= 15 is 0 Å². The largest absolute Gasteiger partial charge is 0.374 e. The van der Waals surface area contributed by atoms with Gasteiger partial charge in [0.15, 0.2) is 0 Å². The van der Waals surface area contributed by atoms with Crippen LogP contribution in [0.25, 0.3) is 67.5 Å². The number of rotatable bonds is 6. The number of hydrogen-bond donors (Lipinski definition) is 3. The summed E-state index contributed by atoms with van der Waals surface area (Å²) in [5.74, 6) is 0. The van der Waals surface area contributed by atoms with Crippen LogP contribution in [0.2, 0.25) is 0 Å². The van der Waals surface area contributed by atoms with Gasteiger partial charge in [0, 0.05) is 22.3 Å². The molecule has 0 spiro atoms. The van der Waals surface area contributed by atoms with Gasteiger partial charge in [-0.3, -0.25) is 0 Å². The molecule has 0 fully saturated rings. The molecule has 3 unspecified atom stereocenters. The van der Waals surface area contributed by atoms with E-state index in [0.717, 1.165) is 50.4 Å². The van der Waals surface area contributed by atoms with Crippen LogP contribution in [0, 0.1) is 0 Å². The molecule has 0 saturated carbocycles. The van der Waals surface area contributed by atoms with Crippen LogP contribution in [0.5, 0.6) is 0 Å². The first kappa shape index (κ1) is 35.9. The summed E-state index contributed by atoms with van der Waals surface area (Å²) in [6.45, 7) is 0. The van der Waals surface area contributed by atoms with Crippen molar-refractivity contribution in [1.29, 1.82) is 0 Å². The molecule has 0 amide bonds. The Morgan fingerprint density at radius 1 is 0.468 bits per heavy atom. The lowest BCUT2D eigenvalue weighted by Gasteiger charge is -2.28. The Hall–Kier alpha value is -7.95. The SMILES string of the molecule is C1=CC2=CC=C(c3ccc4c(c3)NC(c3ccc(-c5ccc6ccc7c(c6n5)NC(c5ccccc5)C=C7)c5ccccc35)C=C4)NC2C=C1c1ccc(-c2ccccc2)cc1. The van der Waals surface area contributed by atoms with E-state index in [4.69, 9.17) is 4.98 Å². The number of hydrogen-bond acceptors (Lipinski definition) is 4. The maximum atomic E-state index is 5.37. The highest BCUT2D eigenvalue weighted by molar-refractivity contribution is 6.02. The quantitative estimate of drug-likeness (QED) is 0.157. The normalized spacial score (nSPS) is 18.3. The van der Waals surface area contributed by atoms with Gasteiger partial charge in [-0.2, -0.15) is 0 Å². The van der Waals surface area contributed by atoms with E-state index in [1.54, 1.807) is 0 Å². The van der Waals surface area contributed by atoms with E-state index in [9.17, 15) is 0 Å². The Morgan fingerprint density at radius 3 is 2.05 bits per heavy atom. The molecular formula is C58H42N4. The average Bonchev–Trinajstić information content (AvgIpc) is 3.35.